The van der Waals surface area contributed by atoms with E-state index in [1.807, 2.05) is 25.7 Å². The van der Waals surface area contributed by atoms with E-state index in [1.165, 1.54) is 32.1 Å². The Labute approximate surface area is 135 Å². The molecule has 1 amide bonds. The van der Waals surface area contributed by atoms with E-state index < -0.39 is 0 Å². The average Bonchev–Trinajstić information content (AvgIpc) is 2.46. The molecular weight excluding hydrogens is 276 g/mol. The van der Waals surface area contributed by atoms with Crippen LogP contribution in [0.4, 0.5) is 0 Å². The van der Waals surface area contributed by atoms with Gasteiger partial charge in [0.25, 0.3) is 0 Å². The van der Waals surface area contributed by atoms with Crippen LogP contribution in [0.3, 0.4) is 0 Å². The van der Waals surface area contributed by atoms with Crippen LogP contribution in [0.2, 0.25) is 0 Å². The maximum absolute atomic E-state index is 12.6. The maximum atomic E-state index is 12.6. The Morgan fingerprint density at radius 2 is 1.82 bits per heavy atom. The summed E-state index contributed by atoms with van der Waals surface area (Å²) in [5, 5.41) is 13.1. The topological polar surface area (TPSA) is 52.6 Å². The van der Waals surface area contributed by atoms with Crippen molar-refractivity contribution in [3.8, 4) is 0 Å². The van der Waals surface area contributed by atoms with Gasteiger partial charge in [-0.25, -0.2) is 0 Å². The lowest BCUT2D eigenvalue weighted by Crippen LogP contribution is -2.55. The second-order valence-electron chi connectivity index (χ2n) is 8.27. The highest BCUT2D eigenvalue weighted by molar-refractivity contribution is 5.81. The molecular formula is C18H34N2O2. The van der Waals surface area contributed by atoms with E-state index in [-0.39, 0.29) is 17.9 Å². The number of amides is 1. The lowest BCUT2D eigenvalue weighted by atomic mass is 9.87. The first kappa shape index (κ1) is 17.7. The summed E-state index contributed by atoms with van der Waals surface area (Å²) in [5.74, 6) is 0.664. The molecule has 1 heterocycles. The van der Waals surface area contributed by atoms with Crippen molar-refractivity contribution in [3.63, 3.8) is 0 Å². The third kappa shape index (κ3) is 4.95. The molecule has 22 heavy (non-hydrogen) atoms. The SMILES string of the molecule is CC(C)(C)C(=O)N1CC(CCO)CC(NC2CCCCC2)C1. The fourth-order valence-corrected chi connectivity index (χ4v) is 3.96. The molecule has 0 aromatic carbocycles. The minimum absolute atomic E-state index is 0.221. The molecule has 2 unspecified atom stereocenters. The summed E-state index contributed by atoms with van der Waals surface area (Å²) >= 11 is 0. The summed E-state index contributed by atoms with van der Waals surface area (Å²) < 4.78 is 0. The molecule has 0 spiro atoms. The lowest BCUT2D eigenvalue weighted by Gasteiger charge is -2.42. The summed E-state index contributed by atoms with van der Waals surface area (Å²) in [6, 6.07) is 1.01. The molecule has 1 saturated heterocycles. The highest BCUT2D eigenvalue weighted by Gasteiger charge is 2.35. The Balaban J connectivity index is 1.97. The van der Waals surface area contributed by atoms with E-state index in [1.54, 1.807) is 0 Å². The monoisotopic (exact) mass is 310 g/mol. The number of aliphatic hydroxyl groups excluding tert-OH is 1. The molecule has 1 saturated carbocycles. The van der Waals surface area contributed by atoms with E-state index in [4.69, 9.17) is 0 Å². The van der Waals surface area contributed by atoms with E-state index in [2.05, 4.69) is 5.32 Å². The summed E-state index contributed by atoms with van der Waals surface area (Å²) in [6.45, 7) is 7.84. The smallest absolute Gasteiger partial charge is 0.228 e. The van der Waals surface area contributed by atoms with Crippen molar-refractivity contribution in [2.24, 2.45) is 11.3 Å². The van der Waals surface area contributed by atoms with Gasteiger partial charge in [-0.3, -0.25) is 4.79 Å². The Morgan fingerprint density at radius 3 is 2.41 bits per heavy atom. The van der Waals surface area contributed by atoms with Gasteiger partial charge in [-0.1, -0.05) is 40.0 Å². The first-order chi connectivity index (χ1) is 10.4. The van der Waals surface area contributed by atoms with Crippen molar-refractivity contribution >= 4 is 5.91 Å². The van der Waals surface area contributed by atoms with Gasteiger partial charge >= 0.3 is 0 Å². The van der Waals surface area contributed by atoms with Gasteiger partial charge in [0, 0.05) is 37.2 Å². The second-order valence-corrected chi connectivity index (χ2v) is 8.27. The largest absolute Gasteiger partial charge is 0.396 e. The summed E-state index contributed by atoms with van der Waals surface area (Å²) in [7, 11) is 0. The molecule has 1 aliphatic carbocycles. The molecule has 2 rings (SSSR count). The van der Waals surface area contributed by atoms with Gasteiger partial charge in [0.05, 0.1) is 0 Å². The van der Waals surface area contributed by atoms with Crippen molar-refractivity contribution in [3.05, 3.63) is 0 Å². The lowest BCUT2D eigenvalue weighted by molar-refractivity contribution is -0.142. The van der Waals surface area contributed by atoms with Crippen molar-refractivity contribution in [2.45, 2.75) is 77.8 Å². The second kappa shape index (κ2) is 7.78. The van der Waals surface area contributed by atoms with Gasteiger partial charge in [0.15, 0.2) is 0 Å². The van der Waals surface area contributed by atoms with Crippen LogP contribution in [-0.4, -0.2) is 47.7 Å². The molecule has 4 heteroatoms. The Hall–Kier alpha value is -0.610. The quantitative estimate of drug-likeness (QED) is 0.839. The molecule has 0 bridgehead atoms. The maximum Gasteiger partial charge on any atom is 0.228 e. The number of rotatable bonds is 4. The minimum atomic E-state index is -0.323. The van der Waals surface area contributed by atoms with Gasteiger partial charge < -0.3 is 15.3 Å². The number of likely N-dealkylation sites (tertiary alicyclic amines) is 1. The van der Waals surface area contributed by atoms with E-state index in [0.29, 0.717) is 18.0 Å². The number of carbonyl (C=O) groups excluding carboxylic acids is 1. The van der Waals surface area contributed by atoms with Crippen molar-refractivity contribution in [1.82, 2.24) is 10.2 Å². The number of nitrogens with one attached hydrogen (secondary N) is 1. The zero-order valence-corrected chi connectivity index (χ0v) is 14.6. The zero-order valence-electron chi connectivity index (χ0n) is 14.6. The molecule has 0 aromatic rings. The first-order valence-electron chi connectivity index (χ1n) is 9.06. The Kier molecular flexibility index (Phi) is 6.27. The first-order valence-corrected chi connectivity index (χ1v) is 9.06. The van der Waals surface area contributed by atoms with Crippen molar-refractivity contribution in [1.29, 1.82) is 0 Å². The van der Waals surface area contributed by atoms with E-state index in [0.717, 1.165) is 25.9 Å². The number of carbonyl (C=O) groups is 1. The number of nitrogens with zero attached hydrogens (tertiary/aromatic N) is 1. The van der Waals surface area contributed by atoms with Crippen LogP contribution in [-0.2, 0) is 4.79 Å². The van der Waals surface area contributed by atoms with Gasteiger partial charge in [-0.05, 0) is 31.6 Å². The third-order valence-electron chi connectivity index (χ3n) is 5.08. The van der Waals surface area contributed by atoms with Crippen LogP contribution in [0, 0.1) is 11.3 Å². The number of piperidine rings is 1. The fourth-order valence-electron chi connectivity index (χ4n) is 3.96. The highest BCUT2D eigenvalue weighted by atomic mass is 16.3. The molecule has 2 atom stereocenters. The van der Waals surface area contributed by atoms with Crippen LogP contribution in [0.5, 0.6) is 0 Å². The molecule has 128 valence electrons. The van der Waals surface area contributed by atoms with Gasteiger partial charge in [-0.15, -0.1) is 0 Å². The van der Waals surface area contributed by atoms with Gasteiger partial charge in [-0.2, -0.15) is 0 Å². The molecule has 1 aliphatic heterocycles. The fraction of sp³-hybridized carbons (Fsp3) is 0.944. The molecule has 4 nitrogen and oxygen atoms in total. The summed E-state index contributed by atoms with van der Waals surface area (Å²) in [6.07, 6.45) is 8.46. The van der Waals surface area contributed by atoms with E-state index in [9.17, 15) is 9.90 Å². The van der Waals surface area contributed by atoms with Crippen LogP contribution < -0.4 is 5.32 Å². The Bertz CT molecular complexity index is 359. The molecule has 0 aromatic heterocycles. The van der Waals surface area contributed by atoms with E-state index >= 15 is 0 Å². The zero-order chi connectivity index (χ0) is 16.2. The number of hydrogen-bond acceptors (Lipinski definition) is 3. The predicted octanol–water partition coefficient (Wildman–Crippen LogP) is 2.55. The van der Waals surface area contributed by atoms with Crippen LogP contribution in [0.1, 0.15) is 65.7 Å². The average molecular weight is 310 g/mol. The van der Waals surface area contributed by atoms with Gasteiger partial charge in [0.2, 0.25) is 5.91 Å². The van der Waals surface area contributed by atoms with Crippen molar-refractivity contribution in [2.75, 3.05) is 19.7 Å². The van der Waals surface area contributed by atoms with Gasteiger partial charge in [0.1, 0.15) is 0 Å². The highest BCUT2D eigenvalue weighted by Crippen LogP contribution is 2.27. The summed E-state index contributed by atoms with van der Waals surface area (Å²) in [4.78, 5) is 14.7. The van der Waals surface area contributed by atoms with Crippen LogP contribution in [0.15, 0.2) is 0 Å². The molecule has 2 fully saturated rings. The number of aliphatic hydroxyl groups is 1. The standard InChI is InChI=1S/C18H34N2O2/c1-18(2,3)17(22)20-12-14(9-10-21)11-16(13-20)19-15-7-5-4-6-8-15/h14-16,19,21H,4-13H2,1-3H3. The minimum Gasteiger partial charge on any atom is -0.396 e. The molecule has 0 radical (unpaired) electrons. The predicted molar refractivity (Wildman–Crippen MR) is 89.6 cm³/mol. The Morgan fingerprint density at radius 1 is 1.14 bits per heavy atom. The van der Waals surface area contributed by atoms with Crippen LogP contribution >= 0.6 is 0 Å². The molecule has 2 N–H and O–H groups in total. The molecule has 2 aliphatic rings. The normalized spacial score (nSPS) is 27.9. The number of hydrogen-bond donors (Lipinski definition) is 2. The summed E-state index contributed by atoms with van der Waals surface area (Å²) in [5.41, 5.74) is -0.323. The third-order valence-corrected chi connectivity index (χ3v) is 5.08. The van der Waals surface area contributed by atoms with Crippen LogP contribution in [0.25, 0.3) is 0 Å². The van der Waals surface area contributed by atoms with Crippen molar-refractivity contribution < 1.29 is 9.90 Å².